The zero-order chi connectivity index (χ0) is 22.6. The lowest BCUT2D eigenvalue weighted by Gasteiger charge is -2.27. The Morgan fingerprint density at radius 1 is 1.00 bits per heavy atom. The molecule has 1 aliphatic rings. The van der Waals surface area contributed by atoms with Gasteiger partial charge in [-0.05, 0) is 27.7 Å². The number of aliphatic carboxylic acids is 1. The van der Waals surface area contributed by atoms with Gasteiger partial charge >= 0.3 is 12.1 Å². The van der Waals surface area contributed by atoms with Gasteiger partial charge in [0.2, 0.25) is 5.91 Å². The molecule has 0 fully saturated rings. The topological polar surface area (TPSA) is 105 Å². The van der Waals surface area contributed by atoms with Gasteiger partial charge in [-0.15, -0.1) is 0 Å². The number of amides is 2. The molecule has 7 heteroatoms. The van der Waals surface area contributed by atoms with Crippen LogP contribution in [-0.2, 0) is 14.3 Å². The van der Waals surface area contributed by atoms with E-state index >= 15 is 0 Å². The maximum atomic E-state index is 12.1. The van der Waals surface area contributed by atoms with E-state index in [4.69, 9.17) is 4.74 Å². The van der Waals surface area contributed by atoms with Crippen molar-refractivity contribution >= 4 is 18.0 Å². The van der Waals surface area contributed by atoms with Crippen LogP contribution in [0.15, 0.2) is 48.5 Å². The van der Waals surface area contributed by atoms with E-state index in [1.54, 1.807) is 20.8 Å². The number of rotatable bonds is 7. The fraction of sp³-hybridized carbons (Fsp3) is 0.375. The lowest BCUT2D eigenvalue weighted by Crippen LogP contribution is -2.49. The fourth-order valence-corrected chi connectivity index (χ4v) is 3.81. The Bertz CT molecular complexity index is 934. The molecule has 0 heterocycles. The first-order valence-corrected chi connectivity index (χ1v) is 10.3. The van der Waals surface area contributed by atoms with Gasteiger partial charge in [0, 0.05) is 18.9 Å². The molecular formula is C24H28N2O5. The van der Waals surface area contributed by atoms with Crippen LogP contribution in [0, 0.1) is 5.41 Å². The second-order valence-electron chi connectivity index (χ2n) is 8.71. The summed E-state index contributed by atoms with van der Waals surface area (Å²) < 4.78 is 5.42. The van der Waals surface area contributed by atoms with E-state index < -0.39 is 29.4 Å². The van der Waals surface area contributed by atoms with Crippen LogP contribution in [-0.4, -0.2) is 42.3 Å². The number of fused-ring (bicyclic) bond motifs is 3. The van der Waals surface area contributed by atoms with Crippen molar-refractivity contribution in [3.05, 3.63) is 59.7 Å². The lowest BCUT2D eigenvalue weighted by atomic mass is 9.86. The molecule has 0 aliphatic heterocycles. The van der Waals surface area contributed by atoms with Crippen molar-refractivity contribution < 1.29 is 24.2 Å². The summed E-state index contributed by atoms with van der Waals surface area (Å²) in [6.45, 7) is 5.46. The van der Waals surface area contributed by atoms with Gasteiger partial charge < -0.3 is 20.5 Å². The van der Waals surface area contributed by atoms with Gasteiger partial charge in [-0.3, -0.25) is 4.79 Å². The zero-order valence-corrected chi connectivity index (χ0v) is 18.0. The Labute approximate surface area is 181 Å². The predicted octanol–water partition coefficient (Wildman–Crippen LogP) is 3.53. The number of carbonyl (C=O) groups excluding carboxylic acids is 2. The van der Waals surface area contributed by atoms with E-state index in [0.717, 1.165) is 22.3 Å². The number of carboxylic acid groups (broad SMARTS) is 1. The molecule has 1 atom stereocenters. The Morgan fingerprint density at radius 3 is 2.06 bits per heavy atom. The first kappa shape index (κ1) is 22.3. The van der Waals surface area contributed by atoms with Gasteiger partial charge in [-0.1, -0.05) is 69.3 Å². The number of carbonyl (C=O) groups is 3. The van der Waals surface area contributed by atoms with E-state index in [1.807, 2.05) is 36.4 Å². The molecule has 0 saturated carbocycles. The number of alkyl carbamates (subject to hydrolysis) is 1. The number of benzene rings is 2. The van der Waals surface area contributed by atoms with E-state index in [1.165, 1.54) is 0 Å². The summed E-state index contributed by atoms with van der Waals surface area (Å²) in [6, 6.07) is 15.1. The first-order chi connectivity index (χ1) is 14.7. The largest absolute Gasteiger partial charge is 0.480 e. The van der Waals surface area contributed by atoms with Crippen molar-refractivity contribution in [2.75, 3.05) is 13.2 Å². The van der Waals surface area contributed by atoms with Crippen LogP contribution in [0.3, 0.4) is 0 Å². The lowest BCUT2D eigenvalue weighted by molar-refractivity contribution is -0.144. The number of ether oxygens (including phenoxy) is 1. The molecule has 1 aliphatic carbocycles. The molecule has 0 aromatic heterocycles. The van der Waals surface area contributed by atoms with E-state index in [2.05, 4.69) is 22.8 Å². The number of hydrogen-bond donors (Lipinski definition) is 3. The highest BCUT2D eigenvalue weighted by atomic mass is 16.5. The van der Waals surface area contributed by atoms with Crippen molar-refractivity contribution in [3.63, 3.8) is 0 Å². The SMILES string of the molecule is CC(C)(C)[C@H](NC(=O)CCNC(=O)OCC1c2ccccc2-c2ccccc21)C(=O)O. The van der Waals surface area contributed by atoms with Gasteiger partial charge in [-0.25, -0.2) is 9.59 Å². The third-order valence-electron chi connectivity index (χ3n) is 5.38. The van der Waals surface area contributed by atoms with Crippen LogP contribution >= 0.6 is 0 Å². The van der Waals surface area contributed by atoms with E-state index in [9.17, 15) is 19.5 Å². The Balaban J connectivity index is 1.49. The minimum Gasteiger partial charge on any atom is -0.480 e. The zero-order valence-electron chi connectivity index (χ0n) is 18.0. The molecule has 0 radical (unpaired) electrons. The molecule has 7 nitrogen and oxygen atoms in total. The maximum absolute atomic E-state index is 12.1. The van der Waals surface area contributed by atoms with Crippen LogP contribution in [0.2, 0.25) is 0 Å². The summed E-state index contributed by atoms with van der Waals surface area (Å²) in [6.07, 6.45) is -0.649. The van der Waals surface area contributed by atoms with Crippen LogP contribution in [0.5, 0.6) is 0 Å². The average Bonchev–Trinajstić information content (AvgIpc) is 3.03. The van der Waals surface area contributed by atoms with Crippen molar-refractivity contribution in [2.24, 2.45) is 5.41 Å². The van der Waals surface area contributed by atoms with Crippen LogP contribution in [0.1, 0.15) is 44.2 Å². The molecule has 0 saturated heterocycles. The van der Waals surface area contributed by atoms with Crippen LogP contribution in [0.4, 0.5) is 4.79 Å². The summed E-state index contributed by atoms with van der Waals surface area (Å²) in [7, 11) is 0. The van der Waals surface area contributed by atoms with Gasteiger partial charge in [0.05, 0.1) is 0 Å². The Morgan fingerprint density at radius 2 is 1.55 bits per heavy atom. The monoisotopic (exact) mass is 424 g/mol. The summed E-state index contributed by atoms with van der Waals surface area (Å²) in [5, 5.41) is 14.3. The van der Waals surface area contributed by atoms with Gasteiger partial charge in [-0.2, -0.15) is 0 Å². The Kier molecular flexibility index (Phi) is 6.63. The standard InChI is InChI=1S/C24H28N2O5/c1-24(2,3)21(22(28)29)26-20(27)12-13-25-23(30)31-14-19-17-10-6-4-8-15(17)16-9-5-7-11-18(16)19/h4-11,19,21H,12-14H2,1-3H3,(H,25,30)(H,26,27)(H,28,29)/t21-/m1/s1. The summed E-state index contributed by atoms with van der Waals surface area (Å²) in [5.74, 6) is -1.57. The second kappa shape index (κ2) is 9.20. The molecule has 0 unspecified atom stereocenters. The summed E-state index contributed by atoms with van der Waals surface area (Å²) >= 11 is 0. The normalized spacial score (nSPS) is 13.6. The summed E-state index contributed by atoms with van der Waals surface area (Å²) in [5.41, 5.74) is 3.92. The molecule has 2 amide bonds. The maximum Gasteiger partial charge on any atom is 0.407 e. The quantitative estimate of drug-likeness (QED) is 0.631. The molecule has 164 valence electrons. The van der Waals surface area contributed by atoms with Crippen molar-refractivity contribution in [1.29, 1.82) is 0 Å². The number of carboxylic acids is 1. The third kappa shape index (κ3) is 5.23. The molecule has 2 aromatic carbocycles. The second-order valence-corrected chi connectivity index (χ2v) is 8.71. The average molecular weight is 424 g/mol. The van der Waals surface area contributed by atoms with Crippen molar-refractivity contribution in [3.8, 4) is 11.1 Å². The smallest absolute Gasteiger partial charge is 0.407 e. The molecule has 0 spiro atoms. The highest BCUT2D eigenvalue weighted by Crippen LogP contribution is 2.44. The van der Waals surface area contributed by atoms with E-state index in [0.29, 0.717) is 0 Å². The van der Waals surface area contributed by atoms with Crippen molar-refractivity contribution in [2.45, 2.75) is 39.2 Å². The molecule has 31 heavy (non-hydrogen) atoms. The third-order valence-corrected chi connectivity index (χ3v) is 5.38. The molecule has 3 N–H and O–H groups in total. The molecule has 2 aromatic rings. The van der Waals surface area contributed by atoms with Crippen LogP contribution in [0.25, 0.3) is 11.1 Å². The molecule has 0 bridgehead atoms. The predicted molar refractivity (Wildman–Crippen MR) is 117 cm³/mol. The van der Waals surface area contributed by atoms with Gasteiger partial charge in [0.25, 0.3) is 0 Å². The highest BCUT2D eigenvalue weighted by Gasteiger charge is 2.32. The minimum absolute atomic E-state index is 0.0374. The summed E-state index contributed by atoms with van der Waals surface area (Å²) in [4.78, 5) is 35.5. The van der Waals surface area contributed by atoms with Gasteiger partial charge in [0.1, 0.15) is 12.6 Å². The minimum atomic E-state index is -1.09. The molecule has 3 rings (SSSR count). The highest BCUT2D eigenvalue weighted by molar-refractivity contribution is 5.84. The van der Waals surface area contributed by atoms with Gasteiger partial charge in [0.15, 0.2) is 0 Å². The number of nitrogens with one attached hydrogen (secondary N) is 2. The van der Waals surface area contributed by atoms with Crippen molar-refractivity contribution in [1.82, 2.24) is 10.6 Å². The number of hydrogen-bond acceptors (Lipinski definition) is 4. The van der Waals surface area contributed by atoms with Crippen LogP contribution < -0.4 is 10.6 Å². The Hall–Kier alpha value is -3.35. The molecular weight excluding hydrogens is 396 g/mol. The van der Waals surface area contributed by atoms with E-state index in [-0.39, 0.29) is 25.5 Å². The first-order valence-electron chi connectivity index (χ1n) is 10.3. The fourth-order valence-electron chi connectivity index (χ4n) is 3.81.